The fourth-order valence-electron chi connectivity index (χ4n) is 6.87. The van der Waals surface area contributed by atoms with E-state index in [-0.39, 0.29) is 94.6 Å². The van der Waals surface area contributed by atoms with E-state index in [1.165, 1.54) is 51.9 Å². The molecule has 0 bridgehead atoms. The summed E-state index contributed by atoms with van der Waals surface area (Å²) >= 11 is 0. The maximum absolute atomic E-state index is 12.2. The molecule has 0 radical (unpaired) electrons. The van der Waals surface area contributed by atoms with Crippen LogP contribution in [0, 0.1) is 5.92 Å². The quantitative estimate of drug-likeness (QED) is 0.0365. The molecule has 0 fully saturated rings. The highest BCUT2D eigenvalue weighted by Crippen LogP contribution is 2.15. The lowest BCUT2D eigenvalue weighted by Gasteiger charge is -2.15. The van der Waals surface area contributed by atoms with Crippen molar-refractivity contribution in [2.45, 2.75) is 193 Å². The van der Waals surface area contributed by atoms with Crippen molar-refractivity contribution in [2.75, 3.05) is 59.9 Å². The van der Waals surface area contributed by atoms with E-state index in [9.17, 15) is 58.2 Å². The third-order valence-electron chi connectivity index (χ3n) is 11.1. The zero-order chi connectivity index (χ0) is 53.5. The number of aliphatic carboxylic acids is 4. The Hall–Kier alpha value is -4.86. The first kappa shape index (κ1) is 68.2. The largest absolute Gasteiger partial charge is 0.481 e. The summed E-state index contributed by atoms with van der Waals surface area (Å²) in [6, 6.07) is -2.27. The second-order valence-corrected chi connectivity index (χ2v) is 17.5. The number of carboxylic acid groups (broad SMARTS) is 4. The van der Waals surface area contributed by atoms with Crippen molar-refractivity contribution in [3.05, 3.63) is 0 Å². The summed E-state index contributed by atoms with van der Waals surface area (Å²) in [7, 11) is 1.59. The van der Waals surface area contributed by atoms with E-state index >= 15 is 0 Å². The molecule has 0 unspecified atom stereocenters. The predicted octanol–water partition coefficient (Wildman–Crippen LogP) is 5.60. The lowest BCUT2D eigenvalue weighted by atomic mass is 9.97. The summed E-state index contributed by atoms with van der Waals surface area (Å²) in [4.78, 5) is 115. The molecule has 21 nitrogen and oxygen atoms in total. The van der Waals surface area contributed by atoms with Crippen LogP contribution in [0.2, 0.25) is 0 Å². The van der Waals surface area contributed by atoms with Crippen molar-refractivity contribution in [3.63, 3.8) is 0 Å². The van der Waals surface area contributed by atoms with Gasteiger partial charge in [0.15, 0.2) is 5.78 Å². The Balaban J connectivity index is 0. The molecule has 3 atom stereocenters. The molecule has 0 heterocycles. The first-order chi connectivity index (χ1) is 33.9. The van der Waals surface area contributed by atoms with Crippen molar-refractivity contribution in [3.8, 4) is 0 Å². The summed E-state index contributed by atoms with van der Waals surface area (Å²) in [5.41, 5.74) is 0. The number of ether oxygens (including phenoxy) is 4. The highest BCUT2D eigenvalue weighted by atomic mass is 16.5. The number of Topliss-reactive ketones (excluding diaryl/α,β-unsaturated/α-hetero) is 3. The SMILES string of the molecule is CCC(=O)NCCOCCOCC(=O)C[C@H](CCC(=O)N[C@@H](CCC(C)=O)C(=O)O)C(=O)O.COCCOCCCC(=O)CC[C@H](NC(=O)CCCCCCCCCCCCCCCCC(=O)O)C(=O)O. The summed E-state index contributed by atoms with van der Waals surface area (Å²) in [5, 5.41) is 43.8. The van der Waals surface area contributed by atoms with Crippen molar-refractivity contribution in [1.29, 1.82) is 0 Å². The van der Waals surface area contributed by atoms with Crippen LogP contribution < -0.4 is 16.0 Å². The number of rotatable bonds is 49. The van der Waals surface area contributed by atoms with E-state index in [0.717, 1.165) is 44.9 Å². The standard InChI is InChI=1S/C29H53NO8.C21H34N2O10/c1-37-23-24-38-22-16-17-25(31)20-21-26(29(35)36)30-27(32)18-14-12-10-8-6-4-2-3-5-7-9-11-13-15-19-28(33)34;1-3-18(26)22-8-9-32-10-11-33-13-16(25)12-15(20(28)29)5-7-19(27)23-17(21(30)31)6-4-14(2)24/h26H,2-24H2,1H3,(H,30,32)(H,33,34)(H,35,36);15,17H,3-13H2,1-2H3,(H,22,26)(H,23,27)(H,28,29)(H,30,31)/t26-;15-,17-/m00/s1. The number of carbonyl (C=O) groups excluding carboxylic acids is 6. The normalized spacial score (nSPS) is 12.1. The van der Waals surface area contributed by atoms with Gasteiger partial charge in [-0.3, -0.25) is 33.6 Å². The fraction of sp³-hybridized carbons (Fsp3) is 0.800. The van der Waals surface area contributed by atoms with Gasteiger partial charge in [0.1, 0.15) is 30.3 Å². The molecule has 0 rings (SSSR count). The summed E-state index contributed by atoms with van der Waals surface area (Å²) < 4.78 is 20.6. The van der Waals surface area contributed by atoms with E-state index < -0.39 is 53.6 Å². The van der Waals surface area contributed by atoms with E-state index in [2.05, 4.69) is 16.0 Å². The zero-order valence-corrected chi connectivity index (χ0v) is 42.8. The van der Waals surface area contributed by atoms with Crippen LogP contribution in [0.25, 0.3) is 0 Å². The van der Waals surface area contributed by atoms with Crippen LogP contribution in [0.15, 0.2) is 0 Å². The molecule has 3 amide bonds. The molecule has 71 heavy (non-hydrogen) atoms. The number of carbonyl (C=O) groups is 10. The molecule has 410 valence electrons. The van der Waals surface area contributed by atoms with Crippen LogP contribution in [-0.4, -0.2) is 151 Å². The molecule has 0 aromatic heterocycles. The maximum Gasteiger partial charge on any atom is 0.326 e. The molecule has 0 aliphatic rings. The lowest BCUT2D eigenvalue weighted by molar-refractivity contribution is -0.145. The Labute approximate surface area is 420 Å². The van der Waals surface area contributed by atoms with Gasteiger partial charge in [-0.25, -0.2) is 9.59 Å². The van der Waals surface area contributed by atoms with E-state index in [1.54, 1.807) is 14.0 Å². The number of hydrogen-bond acceptors (Lipinski definition) is 14. The highest BCUT2D eigenvalue weighted by molar-refractivity contribution is 5.87. The zero-order valence-electron chi connectivity index (χ0n) is 42.8. The van der Waals surface area contributed by atoms with Gasteiger partial charge >= 0.3 is 23.9 Å². The monoisotopic (exact) mass is 1020 g/mol. The second kappa shape index (κ2) is 47.5. The van der Waals surface area contributed by atoms with E-state index in [4.69, 9.17) is 29.2 Å². The molecule has 0 aliphatic heterocycles. The molecule has 0 saturated carbocycles. The van der Waals surface area contributed by atoms with Gasteiger partial charge in [0, 0.05) is 71.6 Å². The average Bonchev–Trinajstić information content (AvgIpc) is 3.31. The summed E-state index contributed by atoms with van der Waals surface area (Å²) in [6.07, 6.45) is 16.8. The molecule has 0 aliphatic carbocycles. The van der Waals surface area contributed by atoms with Gasteiger partial charge in [0.05, 0.1) is 39.0 Å². The van der Waals surface area contributed by atoms with Crippen molar-refractivity contribution >= 4 is 58.9 Å². The number of amides is 3. The minimum atomic E-state index is -1.29. The molecule has 0 saturated heterocycles. The molecule has 0 aromatic rings. The van der Waals surface area contributed by atoms with Gasteiger partial charge in [0.25, 0.3) is 0 Å². The number of carboxylic acids is 4. The van der Waals surface area contributed by atoms with Gasteiger partial charge < -0.3 is 60.1 Å². The molecule has 0 aromatic carbocycles. The molecule has 7 N–H and O–H groups in total. The molecule has 0 spiro atoms. The molecule has 21 heteroatoms. The number of unbranched alkanes of at least 4 members (excludes halogenated alkanes) is 13. The van der Waals surface area contributed by atoms with Crippen molar-refractivity contribution in [1.82, 2.24) is 16.0 Å². The number of hydrogen-bond donors (Lipinski definition) is 7. The average molecular weight is 1020 g/mol. The summed E-state index contributed by atoms with van der Waals surface area (Å²) in [5.74, 6) is -7.18. The number of nitrogens with one attached hydrogen (secondary N) is 3. The van der Waals surface area contributed by atoms with Gasteiger partial charge in [0.2, 0.25) is 17.7 Å². The van der Waals surface area contributed by atoms with Crippen LogP contribution in [0.4, 0.5) is 0 Å². The van der Waals surface area contributed by atoms with E-state index in [0.29, 0.717) is 58.7 Å². The second-order valence-electron chi connectivity index (χ2n) is 17.5. The highest BCUT2D eigenvalue weighted by Gasteiger charge is 2.25. The van der Waals surface area contributed by atoms with Crippen LogP contribution in [-0.2, 0) is 66.9 Å². The van der Waals surface area contributed by atoms with Gasteiger partial charge in [-0.15, -0.1) is 0 Å². The Morgan fingerprint density at radius 1 is 0.451 bits per heavy atom. The molecular formula is C50H87N3O18. The third kappa shape index (κ3) is 47.2. The van der Waals surface area contributed by atoms with Crippen LogP contribution in [0.5, 0.6) is 0 Å². The minimum Gasteiger partial charge on any atom is -0.481 e. The van der Waals surface area contributed by atoms with E-state index in [1.807, 2.05) is 0 Å². The predicted molar refractivity (Wildman–Crippen MR) is 262 cm³/mol. The Bertz CT molecular complexity index is 1530. The number of ketones is 3. The minimum absolute atomic E-state index is 0.00996. The number of methoxy groups -OCH3 is 1. The first-order valence-electron chi connectivity index (χ1n) is 25.4. The maximum atomic E-state index is 12.2. The Morgan fingerprint density at radius 2 is 0.930 bits per heavy atom. The lowest BCUT2D eigenvalue weighted by Crippen LogP contribution is -2.41. The van der Waals surface area contributed by atoms with Crippen LogP contribution in [0.3, 0.4) is 0 Å². The first-order valence-corrected chi connectivity index (χ1v) is 25.4. The smallest absolute Gasteiger partial charge is 0.326 e. The van der Waals surface area contributed by atoms with Crippen molar-refractivity contribution < 1.29 is 87.3 Å². The van der Waals surface area contributed by atoms with Crippen LogP contribution in [0.1, 0.15) is 181 Å². The Kier molecular flexibility index (Phi) is 45.6. The molecular weight excluding hydrogens is 931 g/mol. The van der Waals surface area contributed by atoms with Crippen molar-refractivity contribution in [2.24, 2.45) is 5.92 Å². The fourth-order valence-corrected chi connectivity index (χ4v) is 6.87. The Morgan fingerprint density at radius 3 is 1.42 bits per heavy atom. The van der Waals surface area contributed by atoms with Gasteiger partial charge in [-0.1, -0.05) is 84.0 Å². The van der Waals surface area contributed by atoms with Gasteiger partial charge in [-0.2, -0.15) is 0 Å². The van der Waals surface area contributed by atoms with Crippen LogP contribution >= 0.6 is 0 Å². The summed E-state index contributed by atoms with van der Waals surface area (Å²) in [6.45, 7) is 5.17. The topological polar surface area (TPSA) is 325 Å². The third-order valence-corrected chi connectivity index (χ3v) is 11.1. The van der Waals surface area contributed by atoms with Gasteiger partial charge in [-0.05, 0) is 45.4 Å².